The third-order valence-electron chi connectivity index (χ3n) is 4.24. The molecule has 0 aliphatic rings. The molecule has 3 rings (SSSR count). The zero-order valence-electron chi connectivity index (χ0n) is 16.0. The van der Waals surface area contributed by atoms with E-state index in [2.05, 4.69) is 39.9 Å². The van der Waals surface area contributed by atoms with E-state index in [1.807, 2.05) is 43.3 Å². The standard InChI is InChI=1S/C23H25N3O2/c1-2-28-21-13-11-20(12-14-21)26-23(27)19-10-15-22(25-17-19)24-16-6-9-18-7-4-3-5-8-18/h3-5,7-8,10-15,17H,2,6,9,16H2,1H3,(H,24,25)(H,26,27). The molecule has 0 aliphatic heterocycles. The van der Waals surface area contributed by atoms with Gasteiger partial charge in [-0.15, -0.1) is 0 Å². The van der Waals surface area contributed by atoms with Crippen LogP contribution in [-0.2, 0) is 6.42 Å². The third kappa shape index (κ3) is 5.84. The van der Waals surface area contributed by atoms with E-state index in [1.165, 1.54) is 5.56 Å². The van der Waals surface area contributed by atoms with Gasteiger partial charge in [0.15, 0.2) is 0 Å². The Morgan fingerprint density at radius 1 is 1.00 bits per heavy atom. The van der Waals surface area contributed by atoms with Crippen LogP contribution >= 0.6 is 0 Å². The molecule has 5 heteroatoms. The average molecular weight is 375 g/mol. The first-order valence-electron chi connectivity index (χ1n) is 9.52. The van der Waals surface area contributed by atoms with E-state index in [4.69, 9.17) is 4.74 Å². The molecule has 0 unspecified atom stereocenters. The summed E-state index contributed by atoms with van der Waals surface area (Å²) in [6.07, 6.45) is 3.63. The number of pyridine rings is 1. The summed E-state index contributed by atoms with van der Waals surface area (Å²) in [5.74, 6) is 1.36. The van der Waals surface area contributed by atoms with Crippen molar-refractivity contribution in [3.8, 4) is 5.75 Å². The second-order valence-electron chi connectivity index (χ2n) is 6.36. The molecular weight excluding hydrogens is 350 g/mol. The summed E-state index contributed by atoms with van der Waals surface area (Å²) in [7, 11) is 0. The summed E-state index contributed by atoms with van der Waals surface area (Å²) in [5.41, 5.74) is 2.57. The molecule has 0 saturated heterocycles. The maximum Gasteiger partial charge on any atom is 0.257 e. The van der Waals surface area contributed by atoms with Crippen molar-refractivity contribution < 1.29 is 9.53 Å². The lowest BCUT2D eigenvalue weighted by molar-refractivity contribution is 0.102. The number of amides is 1. The van der Waals surface area contributed by atoms with Crippen molar-refractivity contribution in [2.45, 2.75) is 19.8 Å². The Balaban J connectivity index is 1.45. The molecular formula is C23H25N3O2. The Morgan fingerprint density at radius 2 is 1.79 bits per heavy atom. The summed E-state index contributed by atoms with van der Waals surface area (Å²) < 4.78 is 5.40. The number of carbonyl (C=O) groups excluding carboxylic acids is 1. The Bertz CT molecular complexity index is 863. The summed E-state index contributed by atoms with van der Waals surface area (Å²) in [4.78, 5) is 16.7. The summed E-state index contributed by atoms with van der Waals surface area (Å²) in [6.45, 7) is 3.38. The molecule has 0 spiro atoms. The molecule has 144 valence electrons. The van der Waals surface area contributed by atoms with Crippen LogP contribution in [0.15, 0.2) is 72.9 Å². The van der Waals surface area contributed by atoms with Gasteiger partial charge >= 0.3 is 0 Å². The quantitative estimate of drug-likeness (QED) is 0.529. The number of hydrogen-bond donors (Lipinski definition) is 2. The molecule has 28 heavy (non-hydrogen) atoms. The molecule has 1 heterocycles. The van der Waals surface area contributed by atoms with Crippen molar-refractivity contribution in [2.75, 3.05) is 23.8 Å². The number of benzene rings is 2. The lowest BCUT2D eigenvalue weighted by Crippen LogP contribution is -2.12. The first-order valence-corrected chi connectivity index (χ1v) is 9.52. The number of ether oxygens (including phenoxy) is 1. The zero-order chi connectivity index (χ0) is 19.6. The fourth-order valence-corrected chi connectivity index (χ4v) is 2.79. The van der Waals surface area contributed by atoms with E-state index in [0.717, 1.165) is 36.6 Å². The Hall–Kier alpha value is -3.34. The summed E-state index contributed by atoms with van der Waals surface area (Å²) in [5, 5.41) is 6.15. The lowest BCUT2D eigenvalue weighted by Gasteiger charge is -2.08. The maximum atomic E-state index is 12.4. The highest BCUT2D eigenvalue weighted by Gasteiger charge is 2.07. The largest absolute Gasteiger partial charge is 0.494 e. The van der Waals surface area contributed by atoms with Crippen LogP contribution < -0.4 is 15.4 Å². The van der Waals surface area contributed by atoms with E-state index < -0.39 is 0 Å². The van der Waals surface area contributed by atoms with Crippen LogP contribution in [0.1, 0.15) is 29.3 Å². The van der Waals surface area contributed by atoms with E-state index >= 15 is 0 Å². The molecule has 1 amide bonds. The predicted octanol–water partition coefficient (Wildman–Crippen LogP) is 4.78. The molecule has 2 N–H and O–H groups in total. The van der Waals surface area contributed by atoms with E-state index in [0.29, 0.717) is 12.2 Å². The second-order valence-corrected chi connectivity index (χ2v) is 6.36. The average Bonchev–Trinajstić information content (AvgIpc) is 2.74. The van der Waals surface area contributed by atoms with Gasteiger partial charge in [-0.2, -0.15) is 0 Å². The summed E-state index contributed by atoms with van der Waals surface area (Å²) >= 11 is 0. The van der Waals surface area contributed by atoms with Crippen molar-refractivity contribution >= 4 is 17.4 Å². The normalized spacial score (nSPS) is 10.3. The molecule has 0 saturated carbocycles. The molecule has 0 bridgehead atoms. The van der Waals surface area contributed by atoms with Gasteiger partial charge in [-0.05, 0) is 61.7 Å². The van der Waals surface area contributed by atoms with Crippen molar-refractivity contribution in [3.05, 3.63) is 84.1 Å². The first-order chi connectivity index (χ1) is 13.7. The number of aryl methyl sites for hydroxylation is 1. The smallest absolute Gasteiger partial charge is 0.257 e. The van der Waals surface area contributed by atoms with E-state index in [-0.39, 0.29) is 5.91 Å². The van der Waals surface area contributed by atoms with Gasteiger partial charge in [0.2, 0.25) is 0 Å². The molecule has 2 aromatic carbocycles. The number of nitrogens with zero attached hydrogens (tertiary/aromatic N) is 1. The second kappa shape index (κ2) is 10.1. The lowest BCUT2D eigenvalue weighted by atomic mass is 10.1. The zero-order valence-corrected chi connectivity index (χ0v) is 16.0. The Kier molecular flexibility index (Phi) is 7.01. The molecule has 1 aromatic heterocycles. The van der Waals surface area contributed by atoms with Crippen LogP contribution in [0.3, 0.4) is 0 Å². The van der Waals surface area contributed by atoms with Crippen LogP contribution in [0.2, 0.25) is 0 Å². The number of nitrogens with one attached hydrogen (secondary N) is 2. The SMILES string of the molecule is CCOc1ccc(NC(=O)c2ccc(NCCCc3ccccc3)nc2)cc1. The Labute approximate surface area is 165 Å². The number of anilines is 2. The minimum Gasteiger partial charge on any atom is -0.494 e. The van der Waals surface area contributed by atoms with Gasteiger partial charge in [0.1, 0.15) is 11.6 Å². The highest BCUT2D eigenvalue weighted by molar-refractivity contribution is 6.04. The molecule has 0 radical (unpaired) electrons. The van der Waals surface area contributed by atoms with Crippen LogP contribution in [0, 0.1) is 0 Å². The molecule has 5 nitrogen and oxygen atoms in total. The van der Waals surface area contributed by atoms with Crippen molar-refractivity contribution in [2.24, 2.45) is 0 Å². The monoisotopic (exact) mass is 375 g/mol. The predicted molar refractivity (Wildman–Crippen MR) is 113 cm³/mol. The molecule has 3 aromatic rings. The number of aromatic nitrogens is 1. The van der Waals surface area contributed by atoms with Gasteiger partial charge in [0.05, 0.1) is 12.2 Å². The maximum absolute atomic E-state index is 12.4. The van der Waals surface area contributed by atoms with Crippen molar-refractivity contribution in [1.82, 2.24) is 4.98 Å². The fraction of sp³-hybridized carbons (Fsp3) is 0.217. The van der Waals surface area contributed by atoms with Crippen molar-refractivity contribution in [3.63, 3.8) is 0 Å². The molecule has 0 atom stereocenters. The minimum absolute atomic E-state index is 0.188. The number of hydrogen-bond acceptors (Lipinski definition) is 4. The molecule has 0 aliphatic carbocycles. The van der Waals surface area contributed by atoms with Gasteiger partial charge < -0.3 is 15.4 Å². The number of carbonyl (C=O) groups is 1. The van der Waals surface area contributed by atoms with Gasteiger partial charge in [-0.1, -0.05) is 30.3 Å². The summed E-state index contributed by atoms with van der Waals surface area (Å²) in [6, 6.07) is 21.3. The van der Waals surface area contributed by atoms with Crippen molar-refractivity contribution in [1.29, 1.82) is 0 Å². The Morgan fingerprint density at radius 3 is 2.46 bits per heavy atom. The topological polar surface area (TPSA) is 63.2 Å². The number of rotatable bonds is 9. The highest BCUT2D eigenvalue weighted by Crippen LogP contribution is 2.16. The van der Waals surface area contributed by atoms with Gasteiger partial charge in [-0.3, -0.25) is 4.79 Å². The third-order valence-corrected chi connectivity index (χ3v) is 4.24. The highest BCUT2D eigenvalue weighted by atomic mass is 16.5. The van der Waals surface area contributed by atoms with Gasteiger partial charge in [0, 0.05) is 18.4 Å². The fourth-order valence-electron chi connectivity index (χ4n) is 2.79. The minimum atomic E-state index is -0.188. The van der Waals surface area contributed by atoms with Gasteiger partial charge in [-0.25, -0.2) is 4.98 Å². The van der Waals surface area contributed by atoms with E-state index in [9.17, 15) is 4.79 Å². The van der Waals surface area contributed by atoms with Gasteiger partial charge in [0.25, 0.3) is 5.91 Å². The van der Waals surface area contributed by atoms with Crippen LogP contribution in [0.5, 0.6) is 5.75 Å². The van der Waals surface area contributed by atoms with Crippen LogP contribution in [0.4, 0.5) is 11.5 Å². The first kappa shape index (κ1) is 19.4. The van der Waals surface area contributed by atoms with Crippen LogP contribution in [-0.4, -0.2) is 24.0 Å². The molecule has 0 fully saturated rings. The van der Waals surface area contributed by atoms with Crippen LogP contribution in [0.25, 0.3) is 0 Å². The van der Waals surface area contributed by atoms with E-state index in [1.54, 1.807) is 12.3 Å².